The topological polar surface area (TPSA) is 65.4 Å². The second kappa shape index (κ2) is 14.0. The Labute approximate surface area is 250 Å². The normalized spacial score (nSPS) is 15.6. The summed E-state index contributed by atoms with van der Waals surface area (Å²) in [5.74, 6) is 1.14. The third-order valence-electron chi connectivity index (χ3n) is 8.41. The maximum absolute atomic E-state index is 11.9. The van der Waals surface area contributed by atoms with Gasteiger partial charge >= 0.3 is 5.97 Å². The smallest absolute Gasteiger partial charge is 0.337 e. The Hall–Kier alpha value is -3.74. The Balaban J connectivity index is 1.53. The van der Waals surface area contributed by atoms with Gasteiger partial charge in [0.25, 0.3) is 0 Å². The third-order valence-corrected chi connectivity index (χ3v) is 8.41. The van der Waals surface area contributed by atoms with Crippen molar-refractivity contribution in [3.63, 3.8) is 0 Å². The predicted octanol–water partition coefficient (Wildman–Crippen LogP) is 7.16. The Morgan fingerprint density at radius 2 is 1.83 bits per heavy atom. The molecule has 1 N–H and O–H groups in total. The molecule has 0 saturated carbocycles. The van der Waals surface area contributed by atoms with Crippen molar-refractivity contribution >= 4 is 5.97 Å². The zero-order valence-electron chi connectivity index (χ0n) is 25.4. The molecule has 5 rings (SSSR count). The summed E-state index contributed by atoms with van der Waals surface area (Å²) in [5, 5.41) is 3.88. The number of nitrogens with zero attached hydrogens (tertiary/aromatic N) is 2. The van der Waals surface area contributed by atoms with Gasteiger partial charge < -0.3 is 19.4 Å². The average molecular weight is 566 g/mol. The van der Waals surface area contributed by atoms with Crippen LogP contribution < -0.4 is 5.32 Å². The Morgan fingerprint density at radius 1 is 1.07 bits per heavy atom. The third kappa shape index (κ3) is 6.83. The van der Waals surface area contributed by atoms with Crippen molar-refractivity contribution in [3.05, 3.63) is 101 Å². The fraction of sp³-hybridized carbons (Fsp3) is 0.389. The minimum absolute atomic E-state index is 0.207. The molecule has 1 aliphatic heterocycles. The summed E-state index contributed by atoms with van der Waals surface area (Å²) in [6.07, 6.45) is 4.09. The van der Waals surface area contributed by atoms with Crippen molar-refractivity contribution in [2.45, 2.75) is 65.6 Å². The molecule has 1 saturated heterocycles. The summed E-state index contributed by atoms with van der Waals surface area (Å²) in [5.41, 5.74) is 8.85. The van der Waals surface area contributed by atoms with Crippen molar-refractivity contribution in [2.75, 3.05) is 20.3 Å². The van der Waals surface area contributed by atoms with Gasteiger partial charge in [0.05, 0.1) is 25.0 Å². The van der Waals surface area contributed by atoms with Gasteiger partial charge in [-0.25, -0.2) is 9.78 Å². The molecule has 0 radical (unpaired) electrons. The maximum atomic E-state index is 11.9. The van der Waals surface area contributed by atoms with E-state index in [-0.39, 0.29) is 12.0 Å². The largest absolute Gasteiger partial charge is 0.465 e. The number of methoxy groups -OCH3 is 1. The van der Waals surface area contributed by atoms with Crippen LogP contribution in [0.15, 0.2) is 72.8 Å². The van der Waals surface area contributed by atoms with Crippen LogP contribution in [0.2, 0.25) is 0 Å². The summed E-state index contributed by atoms with van der Waals surface area (Å²) in [6, 6.07) is 25.2. The number of rotatable bonds is 12. The van der Waals surface area contributed by atoms with Gasteiger partial charge in [-0.1, -0.05) is 79.6 Å². The quantitative estimate of drug-likeness (QED) is 0.185. The van der Waals surface area contributed by atoms with Crippen molar-refractivity contribution in [1.29, 1.82) is 0 Å². The van der Waals surface area contributed by atoms with E-state index in [4.69, 9.17) is 14.5 Å². The number of carbonyl (C=O) groups excluding carboxylic acids is 1. The molecular formula is C36H43N3O3. The van der Waals surface area contributed by atoms with Gasteiger partial charge in [-0.2, -0.15) is 0 Å². The van der Waals surface area contributed by atoms with Gasteiger partial charge in [-0.3, -0.25) is 0 Å². The molecule has 0 bridgehead atoms. The van der Waals surface area contributed by atoms with E-state index in [1.54, 1.807) is 0 Å². The van der Waals surface area contributed by atoms with Crippen LogP contribution in [0.5, 0.6) is 0 Å². The van der Waals surface area contributed by atoms with Gasteiger partial charge in [0.15, 0.2) is 0 Å². The molecule has 42 heavy (non-hydrogen) atoms. The van der Waals surface area contributed by atoms with Crippen LogP contribution in [0.1, 0.15) is 58.9 Å². The summed E-state index contributed by atoms with van der Waals surface area (Å²) in [4.78, 5) is 17.3. The summed E-state index contributed by atoms with van der Waals surface area (Å²) < 4.78 is 13.2. The lowest BCUT2D eigenvalue weighted by Gasteiger charge is -2.26. The Morgan fingerprint density at radius 3 is 2.50 bits per heavy atom. The monoisotopic (exact) mass is 565 g/mol. The molecule has 1 aliphatic rings. The second-order valence-corrected chi connectivity index (χ2v) is 11.4. The molecule has 2 atom stereocenters. The number of unbranched alkanes of at least 4 members (excludes halogenated alkanes) is 1. The number of carbonyl (C=O) groups is 1. The highest BCUT2D eigenvalue weighted by Crippen LogP contribution is 2.34. The first kappa shape index (κ1) is 29.7. The number of benzene rings is 3. The molecule has 6 nitrogen and oxygen atoms in total. The summed E-state index contributed by atoms with van der Waals surface area (Å²) in [6.45, 7) is 9.73. The molecule has 0 amide bonds. The molecule has 1 fully saturated rings. The van der Waals surface area contributed by atoms with E-state index in [0.717, 1.165) is 68.1 Å². The number of ether oxygens (including phenoxy) is 2. The van der Waals surface area contributed by atoms with Crippen molar-refractivity contribution in [3.8, 4) is 22.6 Å². The van der Waals surface area contributed by atoms with Crippen LogP contribution in [0.4, 0.5) is 0 Å². The van der Waals surface area contributed by atoms with E-state index in [2.05, 4.69) is 79.2 Å². The van der Waals surface area contributed by atoms with E-state index in [1.165, 1.54) is 29.5 Å². The maximum Gasteiger partial charge on any atom is 0.337 e. The zero-order valence-corrected chi connectivity index (χ0v) is 25.4. The number of esters is 1. The SMILES string of the molecule is CCCCn1c(-c2ccccc2C)nc(-c2ccc(C)cc2)c1CC(NCc1ccc(C(=O)OC)cc1)C1CCOC1. The zero-order chi connectivity index (χ0) is 29.5. The van der Waals surface area contributed by atoms with Crippen LogP contribution in [0.3, 0.4) is 0 Å². The van der Waals surface area contributed by atoms with E-state index in [9.17, 15) is 4.79 Å². The molecule has 3 aromatic carbocycles. The second-order valence-electron chi connectivity index (χ2n) is 11.4. The van der Waals surface area contributed by atoms with E-state index < -0.39 is 0 Å². The van der Waals surface area contributed by atoms with Gasteiger partial charge in [0, 0.05) is 54.9 Å². The number of hydrogen-bond donors (Lipinski definition) is 1. The van der Waals surface area contributed by atoms with Crippen LogP contribution >= 0.6 is 0 Å². The van der Waals surface area contributed by atoms with Gasteiger partial charge in [-0.15, -0.1) is 0 Å². The lowest BCUT2D eigenvalue weighted by Crippen LogP contribution is -2.38. The van der Waals surface area contributed by atoms with Crippen molar-refractivity contribution in [2.24, 2.45) is 5.92 Å². The Kier molecular flexibility index (Phi) is 9.88. The van der Waals surface area contributed by atoms with Crippen LogP contribution in [0, 0.1) is 19.8 Å². The van der Waals surface area contributed by atoms with Gasteiger partial charge in [0.1, 0.15) is 5.82 Å². The van der Waals surface area contributed by atoms with Crippen LogP contribution in [0.25, 0.3) is 22.6 Å². The van der Waals surface area contributed by atoms with E-state index in [1.807, 2.05) is 24.3 Å². The fourth-order valence-electron chi connectivity index (χ4n) is 5.83. The first-order valence-electron chi connectivity index (χ1n) is 15.2. The molecule has 220 valence electrons. The Bertz CT molecular complexity index is 1470. The number of hydrogen-bond acceptors (Lipinski definition) is 5. The van der Waals surface area contributed by atoms with Crippen molar-refractivity contribution < 1.29 is 14.3 Å². The minimum atomic E-state index is -0.316. The highest BCUT2D eigenvalue weighted by atomic mass is 16.5. The number of aromatic nitrogens is 2. The molecule has 1 aromatic heterocycles. The molecular weight excluding hydrogens is 522 g/mol. The molecule has 2 unspecified atom stereocenters. The highest BCUT2D eigenvalue weighted by molar-refractivity contribution is 5.89. The lowest BCUT2D eigenvalue weighted by molar-refractivity contribution is 0.0600. The number of nitrogens with one attached hydrogen (secondary N) is 1. The standard InChI is InChI=1S/C36H43N3O3/c1-5-6-20-39-33(34(28-15-11-25(2)12-16-28)38-35(39)31-10-8-7-9-26(31)3)22-32(30-19-21-42-24-30)37-23-27-13-17-29(18-14-27)36(40)41-4/h7-18,30,32,37H,5-6,19-24H2,1-4H3. The predicted molar refractivity (Wildman–Crippen MR) is 169 cm³/mol. The van der Waals surface area contributed by atoms with Crippen LogP contribution in [-0.2, 0) is 29.0 Å². The summed E-state index contributed by atoms with van der Waals surface area (Å²) >= 11 is 0. The van der Waals surface area contributed by atoms with E-state index >= 15 is 0 Å². The summed E-state index contributed by atoms with van der Waals surface area (Å²) in [7, 11) is 1.41. The van der Waals surface area contributed by atoms with E-state index in [0.29, 0.717) is 18.0 Å². The molecule has 0 spiro atoms. The van der Waals surface area contributed by atoms with Crippen LogP contribution in [-0.4, -0.2) is 41.9 Å². The first-order chi connectivity index (χ1) is 20.5. The first-order valence-corrected chi connectivity index (χ1v) is 15.2. The molecule has 6 heteroatoms. The molecule has 4 aromatic rings. The lowest BCUT2D eigenvalue weighted by atomic mass is 9.92. The number of aryl methyl sites for hydroxylation is 2. The highest BCUT2D eigenvalue weighted by Gasteiger charge is 2.29. The van der Waals surface area contributed by atoms with Gasteiger partial charge in [-0.05, 0) is 49.9 Å². The van der Waals surface area contributed by atoms with Gasteiger partial charge in [0.2, 0.25) is 0 Å². The number of imidazole rings is 1. The van der Waals surface area contributed by atoms with Crippen molar-refractivity contribution in [1.82, 2.24) is 14.9 Å². The average Bonchev–Trinajstić information content (AvgIpc) is 3.67. The minimum Gasteiger partial charge on any atom is -0.465 e. The molecule has 2 heterocycles. The molecule has 0 aliphatic carbocycles. The fourth-order valence-corrected chi connectivity index (χ4v) is 5.83.